The normalized spacial score (nSPS) is 26.4. The Morgan fingerprint density at radius 2 is 1.79 bits per heavy atom. The summed E-state index contributed by atoms with van der Waals surface area (Å²) in [6.07, 6.45) is 2.99. The number of hydrogen-bond acceptors (Lipinski definition) is 4. The lowest BCUT2D eigenvalue weighted by atomic mass is 9.73. The van der Waals surface area contributed by atoms with Gasteiger partial charge in [0.05, 0.1) is 6.10 Å². The first kappa shape index (κ1) is 21.8. The molecule has 0 aromatic heterocycles. The maximum absolute atomic E-state index is 12.9. The molecule has 1 amide bonds. The number of amides is 1. The van der Waals surface area contributed by atoms with Crippen LogP contribution < -0.4 is 0 Å². The van der Waals surface area contributed by atoms with Gasteiger partial charge in [-0.1, -0.05) is 43.7 Å². The van der Waals surface area contributed by atoms with Crippen molar-refractivity contribution >= 4 is 11.9 Å². The van der Waals surface area contributed by atoms with Crippen molar-refractivity contribution in [1.29, 1.82) is 0 Å². The molecule has 3 rings (SSSR count). The van der Waals surface area contributed by atoms with E-state index in [1.165, 1.54) is 5.56 Å². The smallest absolute Gasteiger partial charge is 0.314 e. The molecule has 0 unspecified atom stereocenters. The second kappa shape index (κ2) is 9.72. The Bertz CT molecular complexity index is 687. The molecule has 2 fully saturated rings. The summed E-state index contributed by atoms with van der Waals surface area (Å²) in [6, 6.07) is 10.4. The highest BCUT2D eigenvalue weighted by Crippen LogP contribution is 2.36. The number of carbonyl (C=O) groups excluding carboxylic acids is 1. The lowest BCUT2D eigenvalue weighted by molar-refractivity contribution is -0.167. The van der Waals surface area contributed by atoms with Crippen molar-refractivity contribution in [3.8, 4) is 0 Å². The first-order chi connectivity index (χ1) is 13.9. The SMILES string of the molecule is CCC[C@@]1(C(=O)O)CN(C(=O)CC2CCN(Cc3ccccc3)CC2)CC[C@H]1O. The Hall–Kier alpha value is -1.92. The van der Waals surface area contributed by atoms with Crippen LogP contribution in [0, 0.1) is 11.3 Å². The second-order valence-electron chi connectivity index (χ2n) is 8.74. The molecule has 1 aromatic rings. The number of carbonyl (C=O) groups is 2. The zero-order valence-corrected chi connectivity index (χ0v) is 17.4. The maximum atomic E-state index is 12.9. The van der Waals surface area contributed by atoms with Crippen LogP contribution >= 0.6 is 0 Å². The predicted octanol–water partition coefficient (Wildman–Crippen LogP) is 2.75. The van der Waals surface area contributed by atoms with Gasteiger partial charge in [-0.15, -0.1) is 0 Å². The van der Waals surface area contributed by atoms with E-state index in [9.17, 15) is 19.8 Å². The third-order valence-corrected chi connectivity index (χ3v) is 6.68. The Morgan fingerprint density at radius 1 is 1.10 bits per heavy atom. The number of aliphatic carboxylic acids is 1. The van der Waals surface area contributed by atoms with Gasteiger partial charge < -0.3 is 15.1 Å². The number of nitrogens with zero attached hydrogens (tertiary/aromatic N) is 2. The molecule has 2 saturated heterocycles. The van der Waals surface area contributed by atoms with E-state index < -0.39 is 17.5 Å². The summed E-state index contributed by atoms with van der Waals surface area (Å²) in [7, 11) is 0. The molecule has 0 radical (unpaired) electrons. The highest BCUT2D eigenvalue weighted by Gasteiger charge is 2.49. The number of likely N-dealkylation sites (tertiary alicyclic amines) is 2. The zero-order valence-electron chi connectivity index (χ0n) is 17.4. The highest BCUT2D eigenvalue weighted by atomic mass is 16.4. The van der Waals surface area contributed by atoms with Crippen LogP contribution in [0.1, 0.15) is 51.0 Å². The first-order valence-corrected chi connectivity index (χ1v) is 10.9. The van der Waals surface area contributed by atoms with Gasteiger partial charge in [0, 0.05) is 26.1 Å². The average molecular weight is 403 g/mol. The third-order valence-electron chi connectivity index (χ3n) is 6.68. The number of piperidine rings is 2. The van der Waals surface area contributed by atoms with Crippen molar-refractivity contribution in [1.82, 2.24) is 9.80 Å². The Morgan fingerprint density at radius 3 is 2.41 bits per heavy atom. The van der Waals surface area contributed by atoms with Crippen LogP contribution in [-0.2, 0) is 16.1 Å². The van der Waals surface area contributed by atoms with Gasteiger partial charge in [0.1, 0.15) is 5.41 Å². The number of aliphatic hydroxyl groups excluding tert-OH is 1. The summed E-state index contributed by atoms with van der Waals surface area (Å²) >= 11 is 0. The van der Waals surface area contributed by atoms with Crippen molar-refractivity contribution in [2.75, 3.05) is 26.2 Å². The van der Waals surface area contributed by atoms with Crippen LogP contribution in [0.2, 0.25) is 0 Å². The number of rotatable bonds is 7. The second-order valence-corrected chi connectivity index (χ2v) is 8.74. The van der Waals surface area contributed by atoms with E-state index in [2.05, 4.69) is 29.2 Å². The van der Waals surface area contributed by atoms with E-state index in [1.54, 1.807) is 4.90 Å². The standard InChI is InChI=1S/C23H34N2O4/c1-2-11-23(22(28)29)17-25(14-10-20(23)26)21(27)15-18-8-12-24(13-9-18)16-19-6-4-3-5-7-19/h3-7,18,20,26H,2,8-17H2,1H3,(H,28,29)/t20-,23-/m1/s1. The molecule has 0 bridgehead atoms. The van der Waals surface area contributed by atoms with Crippen molar-refractivity contribution < 1.29 is 19.8 Å². The highest BCUT2D eigenvalue weighted by molar-refractivity contribution is 5.80. The summed E-state index contributed by atoms with van der Waals surface area (Å²) in [6.45, 7) is 5.42. The molecule has 160 valence electrons. The lowest BCUT2D eigenvalue weighted by Gasteiger charge is -2.44. The monoisotopic (exact) mass is 402 g/mol. The topological polar surface area (TPSA) is 81.1 Å². The van der Waals surface area contributed by atoms with Crippen LogP contribution in [0.4, 0.5) is 0 Å². The summed E-state index contributed by atoms with van der Waals surface area (Å²) in [5.41, 5.74) is 0.0941. The molecule has 0 saturated carbocycles. The van der Waals surface area contributed by atoms with Gasteiger partial charge in [0.25, 0.3) is 0 Å². The van der Waals surface area contributed by atoms with E-state index in [4.69, 9.17) is 0 Å². The van der Waals surface area contributed by atoms with E-state index in [1.807, 2.05) is 13.0 Å². The van der Waals surface area contributed by atoms with Crippen LogP contribution in [0.5, 0.6) is 0 Å². The van der Waals surface area contributed by atoms with Crippen LogP contribution in [0.3, 0.4) is 0 Å². The average Bonchev–Trinajstić information content (AvgIpc) is 2.72. The van der Waals surface area contributed by atoms with Crippen LogP contribution in [-0.4, -0.2) is 64.2 Å². The summed E-state index contributed by atoms with van der Waals surface area (Å²) in [5.74, 6) is -0.592. The first-order valence-electron chi connectivity index (χ1n) is 10.9. The van der Waals surface area contributed by atoms with Crippen LogP contribution in [0.25, 0.3) is 0 Å². The molecular weight excluding hydrogens is 368 g/mol. The van der Waals surface area contributed by atoms with Crippen molar-refractivity contribution in [2.45, 2.75) is 58.1 Å². The fourth-order valence-electron chi connectivity index (χ4n) is 4.87. The van der Waals surface area contributed by atoms with Gasteiger partial charge in [0.2, 0.25) is 5.91 Å². The minimum atomic E-state index is -1.22. The summed E-state index contributed by atoms with van der Waals surface area (Å²) in [5, 5.41) is 20.1. The van der Waals surface area contributed by atoms with Crippen molar-refractivity contribution in [3.63, 3.8) is 0 Å². The molecule has 0 spiro atoms. The predicted molar refractivity (Wildman–Crippen MR) is 111 cm³/mol. The van der Waals surface area contributed by atoms with Gasteiger partial charge in [-0.2, -0.15) is 0 Å². The fourth-order valence-corrected chi connectivity index (χ4v) is 4.87. The van der Waals surface area contributed by atoms with Gasteiger partial charge in [-0.25, -0.2) is 0 Å². The molecule has 2 N–H and O–H groups in total. The number of aliphatic hydroxyl groups is 1. The molecule has 2 aliphatic rings. The molecule has 6 nitrogen and oxygen atoms in total. The molecule has 1 aromatic carbocycles. The number of hydrogen-bond donors (Lipinski definition) is 2. The molecule has 6 heteroatoms. The fraction of sp³-hybridized carbons (Fsp3) is 0.652. The Labute approximate surface area is 173 Å². The molecule has 0 aliphatic carbocycles. The molecule has 2 aliphatic heterocycles. The maximum Gasteiger partial charge on any atom is 0.314 e. The number of benzene rings is 1. The van der Waals surface area contributed by atoms with Gasteiger partial charge >= 0.3 is 5.97 Å². The quantitative estimate of drug-likeness (QED) is 0.733. The van der Waals surface area contributed by atoms with E-state index in [-0.39, 0.29) is 12.5 Å². The number of carboxylic acid groups (broad SMARTS) is 1. The third kappa shape index (κ3) is 5.17. The van der Waals surface area contributed by atoms with Gasteiger partial charge in [-0.3, -0.25) is 14.5 Å². The molecule has 2 heterocycles. The van der Waals surface area contributed by atoms with E-state index in [0.29, 0.717) is 38.1 Å². The van der Waals surface area contributed by atoms with Gasteiger partial charge in [0.15, 0.2) is 0 Å². The summed E-state index contributed by atoms with van der Waals surface area (Å²) in [4.78, 5) is 28.9. The summed E-state index contributed by atoms with van der Waals surface area (Å²) < 4.78 is 0. The van der Waals surface area contributed by atoms with Crippen molar-refractivity contribution in [3.05, 3.63) is 35.9 Å². The molecule has 2 atom stereocenters. The zero-order chi connectivity index (χ0) is 20.9. The van der Waals surface area contributed by atoms with Crippen LogP contribution in [0.15, 0.2) is 30.3 Å². The largest absolute Gasteiger partial charge is 0.481 e. The molecular formula is C23H34N2O4. The lowest BCUT2D eigenvalue weighted by Crippen LogP contribution is -2.57. The van der Waals surface area contributed by atoms with Crippen molar-refractivity contribution in [2.24, 2.45) is 11.3 Å². The van der Waals surface area contributed by atoms with E-state index >= 15 is 0 Å². The molecule has 29 heavy (non-hydrogen) atoms. The minimum Gasteiger partial charge on any atom is -0.481 e. The number of carboxylic acids is 1. The van der Waals surface area contributed by atoms with E-state index in [0.717, 1.165) is 32.5 Å². The van der Waals surface area contributed by atoms with Gasteiger partial charge in [-0.05, 0) is 50.3 Å². The Balaban J connectivity index is 1.51. The minimum absolute atomic E-state index is 0.0418. The Kier molecular flexibility index (Phi) is 7.30.